The average molecular weight is 298 g/mol. The minimum Gasteiger partial charge on any atom is -0.330 e. The number of hydrogen-bond acceptors (Lipinski definition) is 2. The molecule has 1 heterocycles. The smallest absolute Gasteiger partial charge is 0.123 e. The number of aryl methyl sites for hydroxylation is 1. The summed E-state index contributed by atoms with van der Waals surface area (Å²) in [4.78, 5) is 0. The Bertz CT molecular complexity index is 641. The van der Waals surface area contributed by atoms with Crippen LogP contribution in [0.5, 0.6) is 0 Å². The molecule has 0 unspecified atom stereocenters. The highest BCUT2D eigenvalue weighted by molar-refractivity contribution is 5.34. The van der Waals surface area contributed by atoms with E-state index in [1.807, 2.05) is 19.1 Å². The molecule has 3 N–H and O–H groups in total. The number of hydrogen-bond donors (Lipinski definition) is 2. The Labute approximate surface area is 131 Å². The highest BCUT2D eigenvalue weighted by Gasteiger charge is 2.43. The molecule has 0 radical (unpaired) electrons. The molecule has 0 saturated carbocycles. The van der Waals surface area contributed by atoms with E-state index in [2.05, 4.69) is 29.6 Å². The van der Waals surface area contributed by atoms with Gasteiger partial charge in [-0.3, -0.25) is 0 Å². The van der Waals surface area contributed by atoms with E-state index in [0.717, 1.165) is 25.1 Å². The summed E-state index contributed by atoms with van der Waals surface area (Å²) in [7, 11) is 0. The summed E-state index contributed by atoms with van der Waals surface area (Å²) in [5.74, 6) is 0.145. The van der Waals surface area contributed by atoms with E-state index >= 15 is 0 Å². The van der Waals surface area contributed by atoms with Crippen molar-refractivity contribution in [1.29, 1.82) is 0 Å². The van der Waals surface area contributed by atoms with Crippen LogP contribution in [0.3, 0.4) is 0 Å². The maximum Gasteiger partial charge on any atom is 0.123 e. The minimum absolute atomic E-state index is 0.00998. The summed E-state index contributed by atoms with van der Waals surface area (Å²) in [6.45, 7) is 4.41. The molecule has 1 aliphatic rings. The lowest BCUT2D eigenvalue weighted by Crippen LogP contribution is -2.39. The molecule has 0 bridgehead atoms. The fourth-order valence-corrected chi connectivity index (χ4v) is 3.75. The normalized spacial score (nSPS) is 24.6. The van der Waals surface area contributed by atoms with Gasteiger partial charge in [-0.2, -0.15) is 0 Å². The summed E-state index contributed by atoms with van der Waals surface area (Å²) in [5.41, 5.74) is 9.74. The van der Waals surface area contributed by atoms with Crippen LogP contribution in [0.2, 0.25) is 0 Å². The molecule has 3 rings (SSSR count). The molecule has 2 nitrogen and oxygen atoms in total. The Morgan fingerprint density at radius 3 is 2.68 bits per heavy atom. The predicted octanol–water partition coefficient (Wildman–Crippen LogP) is 3.01. The Morgan fingerprint density at radius 2 is 2.00 bits per heavy atom. The number of benzene rings is 2. The van der Waals surface area contributed by atoms with Gasteiger partial charge in [0.1, 0.15) is 5.82 Å². The average Bonchev–Trinajstić information content (AvgIpc) is 2.92. The molecular formula is C19H23FN2. The van der Waals surface area contributed by atoms with Crippen LogP contribution in [0, 0.1) is 18.2 Å². The fraction of sp³-hybridized carbons (Fsp3) is 0.368. The third kappa shape index (κ3) is 2.79. The molecule has 1 saturated heterocycles. The van der Waals surface area contributed by atoms with Crippen molar-refractivity contribution in [1.82, 2.24) is 5.32 Å². The maximum absolute atomic E-state index is 13.4. The maximum atomic E-state index is 13.4. The highest BCUT2D eigenvalue weighted by Crippen LogP contribution is 2.42. The molecule has 116 valence electrons. The monoisotopic (exact) mass is 298 g/mol. The number of nitrogens with two attached hydrogens (primary N) is 1. The molecule has 3 heteroatoms. The molecule has 22 heavy (non-hydrogen) atoms. The molecular weight excluding hydrogens is 275 g/mol. The summed E-state index contributed by atoms with van der Waals surface area (Å²) < 4.78 is 13.4. The second-order valence-corrected chi connectivity index (χ2v) is 6.41. The van der Waals surface area contributed by atoms with Crippen LogP contribution < -0.4 is 11.1 Å². The molecule has 2 aromatic carbocycles. The molecule has 2 atom stereocenters. The predicted molar refractivity (Wildman–Crippen MR) is 88.4 cm³/mol. The number of halogens is 1. The van der Waals surface area contributed by atoms with Gasteiger partial charge in [-0.25, -0.2) is 4.39 Å². The first-order chi connectivity index (χ1) is 10.6. The lowest BCUT2D eigenvalue weighted by molar-refractivity contribution is 0.292. The molecule has 1 aliphatic heterocycles. The van der Waals surface area contributed by atoms with Gasteiger partial charge in [0.25, 0.3) is 0 Å². The molecule has 0 aromatic heterocycles. The van der Waals surface area contributed by atoms with Crippen molar-refractivity contribution < 1.29 is 4.39 Å². The summed E-state index contributed by atoms with van der Waals surface area (Å²) in [6, 6.07) is 15.6. The minimum atomic E-state index is -0.173. The Morgan fingerprint density at radius 1 is 1.23 bits per heavy atom. The number of nitrogens with one attached hydrogen (secondary N) is 1. The first kappa shape index (κ1) is 15.2. The van der Waals surface area contributed by atoms with Gasteiger partial charge >= 0.3 is 0 Å². The van der Waals surface area contributed by atoms with Crippen molar-refractivity contribution in [2.24, 2.45) is 11.1 Å². The van der Waals surface area contributed by atoms with Gasteiger partial charge in [-0.1, -0.05) is 36.4 Å². The largest absolute Gasteiger partial charge is 0.330 e. The lowest BCUT2D eigenvalue weighted by Gasteiger charge is -2.35. The van der Waals surface area contributed by atoms with E-state index in [-0.39, 0.29) is 11.2 Å². The Balaban J connectivity index is 1.95. The first-order valence-corrected chi connectivity index (χ1v) is 7.85. The van der Waals surface area contributed by atoms with Gasteiger partial charge in [0.05, 0.1) is 0 Å². The van der Waals surface area contributed by atoms with Crippen LogP contribution in [-0.2, 0) is 6.42 Å². The van der Waals surface area contributed by atoms with Crippen LogP contribution >= 0.6 is 0 Å². The standard InChI is InChI=1S/C19H23FN2/c1-14-9-16(20)7-8-17(14)18-11-22-13-19(18,12-21)10-15-5-3-2-4-6-15/h2-9,18,22H,10-13,21H2,1H3/t18-,19+/m1/s1. The zero-order valence-electron chi connectivity index (χ0n) is 13.0. The fourth-order valence-electron chi connectivity index (χ4n) is 3.75. The SMILES string of the molecule is Cc1cc(F)ccc1[C@H]1CNC[C@@]1(CN)Cc1ccccc1. The molecule has 2 aromatic rings. The quantitative estimate of drug-likeness (QED) is 0.910. The van der Waals surface area contributed by atoms with E-state index in [1.165, 1.54) is 11.1 Å². The van der Waals surface area contributed by atoms with E-state index in [0.29, 0.717) is 12.5 Å². The summed E-state index contributed by atoms with van der Waals surface area (Å²) >= 11 is 0. The highest BCUT2D eigenvalue weighted by atomic mass is 19.1. The molecule has 1 fully saturated rings. The third-order valence-corrected chi connectivity index (χ3v) is 4.98. The second kappa shape index (κ2) is 6.19. The van der Waals surface area contributed by atoms with Crippen molar-refractivity contribution in [2.75, 3.05) is 19.6 Å². The van der Waals surface area contributed by atoms with Crippen LogP contribution in [0.4, 0.5) is 4.39 Å². The second-order valence-electron chi connectivity index (χ2n) is 6.41. The van der Waals surface area contributed by atoms with Crippen molar-refractivity contribution in [2.45, 2.75) is 19.3 Å². The molecule has 0 amide bonds. The first-order valence-electron chi connectivity index (χ1n) is 7.85. The van der Waals surface area contributed by atoms with Gasteiger partial charge < -0.3 is 11.1 Å². The van der Waals surface area contributed by atoms with E-state index < -0.39 is 0 Å². The van der Waals surface area contributed by atoms with Gasteiger partial charge in [0.15, 0.2) is 0 Å². The topological polar surface area (TPSA) is 38.0 Å². The van der Waals surface area contributed by atoms with Crippen LogP contribution in [0.15, 0.2) is 48.5 Å². The van der Waals surface area contributed by atoms with E-state index in [9.17, 15) is 4.39 Å². The summed E-state index contributed by atoms with van der Waals surface area (Å²) in [6.07, 6.45) is 0.943. The van der Waals surface area contributed by atoms with Crippen molar-refractivity contribution in [3.63, 3.8) is 0 Å². The van der Waals surface area contributed by atoms with Crippen molar-refractivity contribution >= 4 is 0 Å². The van der Waals surface area contributed by atoms with Crippen LogP contribution in [0.1, 0.15) is 22.6 Å². The molecule has 0 aliphatic carbocycles. The summed E-state index contributed by atoms with van der Waals surface area (Å²) in [5, 5.41) is 3.50. The zero-order valence-corrected chi connectivity index (χ0v) is 13.0. The van der Waals surface area contributed by atoms with Crippen LogP contribution in [0.25, 0.3) is 0 Å². The van der Waals surface area contributed by atoms with Gasteiger partial charge in [-0.15, -0.1) is 0 Å². The Hall–Kier alpha value is -1.71. The van der Waals surface area contributed by atoms with Gasteiger partial charge in [0, 0.05) is 31.0 Å². The molecule has 0 spiro atoms. The van der Waals surface area contributed by atoms with E-state index in [1.54, 1.807) is 12.1 Å². The third-order valence-electron chi connectivity index (χ3n) is 4.98. The number of rotatable bonds is 4. The van der Waals surface area contributed by atoms with Crippen molar-refractivity contribution in [3.8, 4) is 0 Å². The lowest BCUT2D eigenvalue weighted by atomic mass is 9.70. The van der Waals surface area contributed by atoms with Gasteiger partial charge in [-0.05, 0) is 42.2 Å². The van der Waals surface area contributed by atoms with Crippen molar-refractivity contribution in [3.05, 3.63) is 71.0 Å². The van der Waals surface area contributed by atoms with Gasteiger partial charge in [0.2, 0.25) is 0 Å². The van der Waals surface area contributed by atoms with Crippen LogP contribution in [-0.4, -0.2) is 19.6 Å². The van der Waals surface area contributed by atoms with E-state index in [4.69, 9.17) is 5.73 Å². The zero-order chi connectivity index (χ0) is 15.6. The Kier molecular flexibility index (Phi) is 4.27.